The Bertz CT molecular complexity index is 608. The van der Waals surface area contributed by atoms with Gasteiger partial charge in [-0.15, -0.1) is 0 Å². The highest BCUT2D eigenvalue weighted by Gasteiger charge is 2.05. The van der Waals surface area contributed by atoms with Crippen molar-refractivity contribution in [3.8, 4) is 0 Å². The number of carbonyl (C=O) groups is 2. The van der Waals surface area contributed by atoms with Crippen LogP contribution in [0.15, 0.2) is 48.7 Å². The van der Waals surface area contributed by atoms with Gasteiger partial charge in [-0.3, -0.25) is 14.9 Å². The van der Waals surface area contributed by atoms with Crippen molar-refractivity contribution in [1.29, 1.82) is 0 Å². The summed E-state index contributed by atoms with van der Waals surface area (Å²) < 4.78 is 0. The van der Waals surface area contributed by atoms with E-state index in [2.05, 4.69) is 16.0 Å². The Morgan fingerprint density at radius 1 is 1.12 bits per heavy atom. The molecule has 2 rings (SSSR count). The van der Waals surface area contributed by atoms with Gasteiger partial charge >= 0.3 is 5.97 Å². The van der Waals surface area contributed by atoms with E-state index >= 15 is 0 Å². The molecule has 0 saturated carbocycles. The fraction of sp³-hybridized carbons (Fsp3) is 0.333. The minimum atomic E-state index is -0.809. The van der Waals surface area contributed by atoms with E-state index in [4.69, 9.17) is 5.11 Å². The third-order valence-electron chi connectivity index (χ3n) is 3.60. The molecule has 0 fully saturated rings. The average molecular weight is 329 g/mol. The third kappa shape index (κ3) is 6.66. The Morgan fingerprint density at radius 2 is 1.92 bits per heavy atom. The predicted molar refractivity (Wildman–Crippen MR) is 93.5 cm³/mol. The van der Waals surface area contributed by atoms with Crippen molar-refractivity contribution in [1.82, 2.24) is 10.6 Å². The van der Waals surface area contributed by atoms with Crippen LogP contribution >= 0.6 is 0 Å². The number of hydrogen-bond acceptors (Lipinski definition) is 4. The number of aliphatic carboxylic acids is 1. The largest absolute Gasteiger partial charge is 0.481 e. The maximum absolute atomic E-state index is 11.9. The number of benzene rings is 1. The summed E-state index contributed by atoms with van der Waals surface area (Å²) in [6.07, 6.45) is 9.72. The molecule has 4 N–H and O–H groups in total. The second kappa shape index (κ2) is 9.52. The SMILES string of the molecule is O=C(O)CCc1ccc(NC(=O)CCCNC2C=CC=CN2)cc1. The summed E-state index contributed by atoms with van der Waals surface area (Å²) >= 11 is 0. The topological polar surface area (TPSA) is 90.5 Å². The average Bonchev–Trinajstić information content (AvgIpc) is 2.59. The number of amides is 1. The molecule has 6 nitrogen and oxygen atoms in total. The minimum absolute atomic E-state index is 0.0258. The zero-order valence-corrected chi connectivity index (χ0v) is 13.5. The summed E-state index contributed by atoms with van der Waals surface area (Å²) in [6.45, 7) is 0.747. The van der Waals surface area contributed by atoms with Gasteiger partial charge in [0.15, 0.2) is 0 Å². The second-order valence-corrected chi connectivity index (χ2v) is 5.58. The molecule has 0 radical (unpaired) electrons. The zero-order valence-electron chi connectivity index (χ0n) is 13.5. The predicted octanol–water partition coefficient (Wildman–Crippen LogP) is 2.01. The maximum atomic E-state index is 11.9. The zero-order chi connectivity index (χ0) is 17.2. The number of allylic oxidation sites excluding steroid dienone is 2. The minimum Gasteiger partial charge on any atom is -0.481 e. The first kappa shape index (κ1) is 17.7. The number of nitrogens with one attached hydrogen (secondary N) is 3. The van der Waals surface area contributed by atoms with Gasteiger partial charge < -0.3 is 15.7 Å². The van der Waals surface area contributed by atoms with E-state index in [0.717, 1.165) is 24.2 Å². The highest BCUT2D eigenvalue weighted by molar-refractivity contribution is 5.90. The Kier molecular flexibility index (Phi) is 7.04. The maximum Gasteiger partial charge on any atom is 0.303 e. The summed E-state index contributed by atoms with van der Waals surface area (Å²) in [5, 5.41) is 18.0. The molecule has 6 heteroatoms. The molecule has 1 aromatic rings. The standard InChI is InChI=1S/C18H23N3O3/c22-17(5-3-13-20-16-4-1-2-12-19-16)21-15-9-6-14(7-10-15)8-11-18(23)24/h1-2,4,6-7,9-10,12,16,19-20H,3,5,8,11,13H2,(H,21,22)(H,23,24). The molecule has 1 unspecified atom stereocenters. The third-order valence-corrected chi connectivity index (χ3v) is 3.60. The van der Waals surface area contributed by atoms with E-state index < -0.39 is 5.97 Å². The van der Waals surface area contributed by atoms with Crippen molar-refractivity contribution >= 4 is 17.6 Å². The summed E-state index contributed by atoms with van der Waals surface area (Å²) in [4.78, 5) is 22.4. The molecule has 1 aromatic carbocycles. The van der Waals surface area contributed by atoms with Crippen LogP contribution in [-0.2, 0) is 16.0 Å². The van der Waals surface area contributed by atoms with Crippen LogP contribution in [0, 0.1) is 0 Å². The molecular weight excluding hydrogens is 306 g/mol. The van der Waals surface area contributed by atoms with Crippen molar-refractivity contribution in [3.63, 3.8) is 0 Å². The van der Waals surface area contributed by atoms with Gasteiger partial charge in [0.2, 0.25) is 5.91 Å². The van der Waals surface area contributed by atoms with Gasteiger partial charge in [0.1, 0.15) is 0 Å². The fourth-order valence-electron chi connectivity index (χ4n) is 2.31. The van der Waals surface area contributed by atoms with E-state index in [0.29, 0.717) is 12.8 Å². The van der Waals surface area contributed by atoms with Gasteiger partial charge in [-0.1, -0.05) is 18.2 Å². The van der Waals surface area contributed by atoms with Crippen LogP contribution in [0.5, 0.6) is 0 Å². The summed E-state index contributed by atoms with van der Waals surface area (Å²) in [5.74, 6) is -0.835. The number of aryl methyl sites for hydroxylation is 1. The lowest BCUT2D eigenvalue weighted by atomic mass is 10.1. The van der Waals surface area contributed by atoms with E-state index in [1.54, 1.807) is 12.1 Å². The van der Waals surface area contributed by atoms with Crippen LogP contribution in [-0.4, -0.2) is 29.7 Å². The smallest absolute Gasteiger partial charge is 0.303 e. The number of dihydropyridines is 1. The molecule has 1 heterocycles. The number of carbonyl (C=O) groups excluding carboxylic acids is 1. The Balaban J connectivity index is 1.63. The molecule has 1 amide bonds. The number of hydrogen-bond donors (Lipinski definition) is 4. The van der Waals surface area contributed by atoms with Gasteiger partial charge in [-0.25, -0.2) is 0 Å². The highest BCUT2D eigenvalue weighted by atomic mass is 16.4. The molecule has 0 aliphatic carbocycles. The number of rotatable bonds is 9. The first-order valence-electron chi connectivity index (χ1n) is 8.07. The molecule has 1 atom stereocenters. The molecule has 128 valence electrons. The molecule has 0 bridgehead atoms. The quantitative estimate of drug-likeness (QED) is 0.520. The summed E-state index contributed by atoms with van der Waals surface area (Å²) in [7, 11) is 0. The summed E-state index contributed by atoms with van der Waals surface area (Å²) in [6, 6.07) is 7.29. The van der Waals surface area contributed by atoms with E-state index in [-0.39, 0.29) is 18.5 Å². The van der Waals surface area contributed by atoms with E-state index in [1.165, 1.54) is 0 Å². The van der Waals surface area contributed by atoms with Crippen LogP contribution < -0.4 is 16.0 Å². The number of carboxylic acids is 1. The van der Waals surface area contributed by atoms with Crippen molar-refractivity contribution in [2.75, 3.05) is 11.9 Å². The summed E-state index contributed by atoms with van der Waals surface area (Å²) in [5.41, 5.74) is 1.68. The first-order valence-corrected chi connectivity index (χ1v) is 8.07. The van der Waals surface area contributed by atoms with Crippen LogP contribution in [0.2, 0.25) is 0 Å². The normalized spacial score (nSPS) is 15.8. The van der Waals surface area contributed by atoms with Gasteiger partial charge in [0.25, 0.3) is 0 Å². The molecule has 24 heavy (non-hydrogen) atoms. The lowest BCUT2D eigenvalue weighted by molar-refractivity contribution is -0.137. The van der Waals surface area contributed by atoms with Crippen molar-refractivity contribution in [2.45, 2.75) is 31.8 Å². The fourth-order valence-corrected chi connectivity index (χ4v) is 2.31. The Morgan fingerprint density at radius 3 is 2.58 bits per heavy atom. The van der Waals surface area contributed by atoms with Crippen LogP contribution in [0.25, 0.3) is 0 Å². The van der Waals surface area contributed by atoms with Gasteiger partial charge in [0, 0.05) is 18.5 Å². The van der Waals surface area contributed by atoms with Crippen molar-refractivity contribution < 1.29 is 14.7 Å². The molecule has 0 saturated heterocycles. The number of anilines is 1. The highest BCUT2D eigenvalue weighted by Crippen LogP contribution is 2.11. The van der Waals surface area contributed by atoms with Gasteiger partial charge in [-0.05, 0) is 55.4 Å². The Hall–Kier alpha value is -2.60. The molecule has 1 aliphatic rings. The monoisotopic (exact) mass is 329 g/mol. The molecular formula is C18H23N3O3. The lowest BCUT2D eigenvalue weighted by Crippen LogP contribution is -2.39. The Labute approximate surface area is 141 Å². The van der Waals surface area contributed by atoms with Gasteiger partial charge in [0.05, 0.1) is 6.17 Å². The number of carboxylic acid groups (broad SMARTS) is 1. The van der Waals surface area contributed by atoms with E-state index in [9.17, 15) is 9.59 Å². The van der Waals surface area contributed by atoms with Crippen LogP contribution in [0.3, 0.4) is 0 Å². The lowest BCUT2D eigenvalue weighted by Gasteiger charge is -2.17. The molecule has 1 aliphatic heterocycles. The molecule has 0 spiro atoms. The van der Waals surface area contributed by atoms with Crippen LogP contribution in [0.4, 0.5) is 5.69 Å². The van der Waals surface area contributed by atoms with Crippen molar-refractivity contribution in [2.24, 2.45) is 0 Å². The van der Waals surface area contributed by atoms with Gasteiger partial charge in [-0.2, -0.15) is 0 Å². The first-order chi connectivity index (χ1) is 11.6. The second-order valence-electron chi connectivity index (χ2n) is 5.58. The molecule has 0 aromatic heterocycles. The van der Waals surface area contributed by atoms with Crippen molar-refractivity contribution in [3.05, 3.63) is 54.3 Å². The van der Waals surface area contributed by atoms with Crippen LogP contribution in [0.1, 0.15) is 24.8 Å². The van der Waals surface area contributed by atoms with E-state index in [1.807, 2.05) is 36.6 Å².